The number of fused-ring (bicyclic) bond motifs is 1. The summed E-state index contributed by atoms with van der Waals surface area (Å²) in [6, 6.07) is -0.716. The monoisotopic (exact) mass is 679 g/mol. The van der Waals surface area contributed by atoms with E-state index in [-0.39, 0.29) is 40.9 Å². The fourth-order valence-electron chi connectivity index (χ4n) is 5.48. The van der Waals surface area contributed by atoms with Crippen molar-refractivity contribution in [3.8, 4) is 0 Å². The molecule has 246 valence electrons. The Morgan fingerprint density at radius 3 is 2.71 bits per heavy atom. The van der Waals surface area contributed by atoms with E-state index in [0.717, 1.165) is 44.2 Å². The van der Waals surface area contributed by atoms with Gasteiger partial charge in [0.2, 0.25) is 11.1 Å². The van der Waals surface area contributed by atoms with Gasteiger partial charge in [0, 0.05) is 23.9 Å². The zero-order valence-corrected chi connectivity index (χ0v) is 28.4. The molecule has 2 fully saturated rings. The first-order chi connectivity index (χ1) is 21.6. The quantitative estimate of drug-likeness (QED) is 0.180. The summed E-state index contributed by atoms with van der Waals surface area (Å²) in [4.78, 5) is 47.0. The van der Waals surface area contributed by atoms with Gasteiger partial charge >= 0.3 is 6.16 Å². The second-order valence-electron chi connectivity index (χ2n) is 12.0. The Morgan fingerprint density at radius 2 is 2.02 bits per heavy atom. The van der Waals surface area contributed by atoms with E-state index in [2.05, 4.69) is 30.7 Å². The van der Waals surface area contributed by atoms with E-state index in [1.54, 1.807) is 15.0 Å². The molecule has 17 heteroatoms. The normalized spacial score (nSPS) is 22.5. The van der Waals surface area contributed by atoms with Crippen molar-refractivity contribution in [1.29, 1.82) is 0 Å². The number of nitrogens with one attached hydrogen (secondary N) is 1. The second kappa shape index (κ2) is 15.1. The molecule has 5 rings (SSSR count). The van der Waals surface area contributed by atoms with Crippen molar-refractivity contribution in [2.45, 2.75) is 92.9 Å². The van der Waals surface area contributed by atoms with Crippen molar-refractivity contribution in [3.05, 3.63) is 22.8 Å². The van der Waals surface area contributed by atoms with Gasteiger partial charge in [0.25, 0.3) is 5.91 Å². The molecule has 1 saturated carbocycles. The summed E-state index contributed by atoms with van der Waals surface area (Å²) < 4.78 is 13.5. The summed E-state index contributed by atoms with van der Waals surface area (Å²) >= 11 is 4.24. The third-order valence-corrected chi connectivity index (χ3v) is 11.3. The van der Waals surface area contributed by atoms with Gasteiger partial charge in [-0.05, 0) is 61.7 Å². The number of nitrogens with zero attached hydrogens (tertiary/aromatic N) is 7. The Labute approximate surface area is 275 Å². The van der Waals surface area contributed by atoms with E-state index in [1.807, 2.05) is 34.1 Å². The number of rotatable bonds is 13. The third kappa shape index (κ3) is 8.48. The molecule has 0 aromatic carbocycles. The van der Waals surface area contributed by atoms with Gasteiger partial charge in [-0.3, -0.25) is 9.59 Å². The molecule has 0 bridgehead atoms. The number of aromatic nitrogens is 5. The fourth-order valence-corrected chi connectivity index (χ4v) is 8.85. The Kier molecular flexibility index (Phi) is 11.3. The number of ether oxygens (including phenoxy) is 2. The minimum atomic E-state index is -0.716. The molecular weight excluding hydrogens is 639 g/mol. The SMILES string of the molecule is CC(C)C(OC(=O)OC1CCCCC1)C1S[C@H]2[C@H](NC(=O)Cc3csc(N)n3)C(=O)N2C=C1CSc1nnnn1CCN(C)C. The molecule has 4 atom stereocenters. The van der Waals surface area contributed by atoms with Crippen LogP contribution in [0, 0.1) is 5.92 Å². The lowest BCUT2D eigenvalue weighted by atomic mass is 9.97. The number of tetrazole rings is 1. The van der Waals surface area contributed by atoms with Crippen LogP contribution in [0.5, 0.6) is 0 Å². The molecule has 2 aromatic rings. The van der Waals surface area contributed by atoms with Crippen molar-refractivity contribution in [1.82, 2.24) is 40.3 Å². The minimum Gasteiger partial charge on any atom is -0.431 e. The molecule has 3 aliphatic rings. The molecule has 1 saturated heterocycles. The number of carbonyl (C=O) groups is 3. The first-order valence-electron chi connectivity index (χ1n) is 15.2. The summed E-state index contributed by atoms with van der Waals surface area (Å²) in [7, 11) is 3.98. The standard InChI is InChI=1S/C28H41N9O5S3/c1-16(2)22(42-28(40)41-19-8-6-5-7-9-19)23-17(14-44-27-32-33-34-37(27)11-10-35(3)4)13-36-24(39)21(25(36)45-23)31-20(38)12-18-15-43-26(29)30-18/h13,15-16,19,21-23,25H,5-12,14H2,1-4H3,(H2,29,30)(H,31,38)/t21-,22?,23?,25+/m1/s1. The van der Waals surface area contributed by atoms with Crippen molar-refractivity contribution >= 4 is 58.0 Å². The first kappa shape index (κ1) is 33.5. The Hall–Kier alpha value is -2.89. The van der Waals surface area contributed by atoms with Crippen molar-refractivity contribution in [2.24, 2.45) is 5.92 Å². The van der Waals surface area contributed by atoms with E-state index in [0.29, 0.717) is 28.3 Å². The lowest BCUT2D eigenvalue weighted by molar-refractivity contribution is -0.144. The van der Waals surface area contributed by atoms with Gasteiger partial charge in [-0.25, -0.2) is 14.5 Å². The number of anilines is 1. The summed E-state index contributed by atoms with van der Waals surface area (Å²) in [5.41, 5.74) is 7.17. The number of thiazole rings is 1. The summed E-state index contributed by atoms with van der Waals surface area (Å²) in [5.74, 6) is -0.0823. The molecule has 2 amide bonds. The highest BCUT2D eigenvalue weighted by Crippen LogP contribution is 2.45. The average Bonchev–Trinajstić information content (AvgIpc) is 3.64. The van der Waals surface area contributed by atoms with E-state index < -0.39 is 18.3 Å². The Balaban J connectivity index is 1.32. The maximum absolute atomic E-state index is 13.2. The zero-order chi connectivity index (χ0) is 32.1. The van der Waals surface area contributed by atoms with Crippen molar-refractivity contribution in [2.75, 3.05) is 32.1 Å². The predicted octanol–water partition coefficient (Wildman–Crippen LogP) is 2.77. The molecule has 2 aromatic heterocycles. The topological polar surface area (TPSA) is 171 Å². The van der Waals surface area contributed by atoms with Crippen LogP contribution in [0.1, 0.15) is 51.6 Å². The lowest BCUT2D eigenvalue weighted by Gasteiger charge is -2.50. The van der Waals surface area contributed by atoms with Crippen LogP contribution in [-0.4, -0.2) is 108 Å². The van der Waals surface area contributed by atoms with Crippen LogP contribution < -0.4 is 11.1 Å². The summed E-state index contributed by atoms with van der Waals surface area (Å²) in [6.07, 6.45) is 5.46. The summed E-state index contributed by atoms with van der Waals surface area (Å²) in [5, 5.41) is 17.2. The smallest absolute Gasteiger partial charge is 0.431 e. The van der Waals surface area contributed by atoms with Crippen LogP contribution in [0.3, 0.4) is 0 Å². The molecule has 45 heavy (non-hydrogen) atoms. The largest absolute Gasteiger partial charge is 0.508 e. The molecule has 0 radical (unpaired) electrons. The highest BCUT2D eigenvalue weighted by atomic mass is 32.2. The van der Waals surface area contributed by atoms with Crippen LogP contribution in [0.4, 0.5) is 9.93 Å². The van der Waals surface area contributed by atoms with E-state index >= 15 is 0 Å². The van der Waals surface area contributed by atoms with Gasteiger partial charge in [-0.2, -0.15) is 0 Å². The summed E-state index contributed by atoms with van der Waals surface area (Å²) in [6.45, 7) is 5.41. The maximum atomic E-state index is 13.2. The van der Waals surface area contributed by atoms with Crippen LogP contribution in [0.2, 0.25) is 0 Å². The molecule has 14 nitrogen and oxygen atoms in total. The first-order valence-corrected chi connectivity index (χ1v) is 18.0. The molecule has 1 aliphatic carbocycles. The highest BCUT2D eigenvalue weighted by Gasteiger charge is 2.53. The van der Waals surface area contributed by atoms with E-state index in [9.17, 15) is 14.4 Å². The molecule has 4 heterocycles. The average molecular weight is 680 g/mol. The van der Waals surface area contributed by atoms with Gasteiger partial charge in [-0.15, -0.1) is 28.2 Å². The molecule has 3 N–H and O–H groups in total. The van der Waals surface area contributed by atoms with Crippen molar-refractivity contribution in [3.63, 3.8) is 0 Å². The van der Waals surface area contributed by atoms with Crippen LogP contribution in [0.25, 0.3) is 0 Å². The van der Waals surface area contributed by atoms with Gasteiger partial charge < -0.3 is 30.3 Å². The number of nitrogens with two attached hydrogens (primary N) is 1. The minimum absolute atomic E-state index is 0.0311. The van der Waals surface area contributed by atoms with Crippen LogP contribution in [0.15, 0.2) is 22.3 Å². The van der Waals surface area contributed by atoms with E-state index in [4.69, 9.17) is 15.2 Å². The third-order valence-electron chi connectivity index (χ3n) is 7.89. The van der Waals surface area contributed by atoms with Crippen molar-refractivity contribution < 1.29 is 23.9 Å². The number of nitrogen functional groups attached to an aromatic ring is 1. The van der Waals surface area contributed by atoms with E-state index in [1.165, 1.54) is 34.9 Å². The number of thioether (sulfide) groups is 2. The number of likely N-dealkylation sites (N-methyl/N-ethyl adjacent to an activating group) is 1. The molecule has 0 spiro atoms. The Bertz CT molecular complexity index is 1380. The molecule has 2 unspecified atom stereocenters. The van der Waals surface area contributed by atoms with Gasteiger partial charge in [-0.1, -0.05) is 32.0 Å². The second-order valence-corrected chi connectivity index (χ2v) is 15.1. The number of carbonyl (C=O) groups excluding carboxylic acids is 3. The predicted molar refractivity (Wildman–Crippen MR) is 172 cm³/mol. The van der Waals surface area contributed by atoms with Gasteiger partial charge in [0.05, 0.1) is 23.9 Å². The number of hydrogen-bond acceptors (Lipinski definition) is 14. The highest BCUT2D eigenvalue weighted by molar-refractivity contribution is 8.01. The number of hydrogen-bond donors (Lipinski definition) is 2. The Morgan fingerprint density at radius 1 is 1.24 bits per heavy atom. The van der Waals surface area contributed by atoms with Gasteiger partial charge in [0.15, 0.2) is 5.13 Å². The lowest BCUT2D eigenvalue weighted by Crippen LogP contribution is -2.69. The zero-order valence-electron chi connectivity index (χ0n) is 26.0. The fraction of sp³-hybridized carbons (Fsp3) is 0.679. The van der Waals surface area contributed by atoms with Gasteiger partial charge in [0.1, 0.15) is 23.6 Å². The number of amides is 2. The molecular formula is C28H41N9O5S3. The van der Waals surface area contributed by atoms with Crippen LogP contribution >= 0.6 is 34.9 Å². The number of β-lactam (4-membered cyclic amide) rings is 1. The molecule has 2 aliphatic heterocycles. The van der Waals surface area contributed by atoms with Crippen LogP contribution in [-0.2, 0) is 32.0 Å². The maximum Gasteiger partial charge on any atom is 0.508 e.